The van der Waals surface area contributed by atoms with Crippen molar-refractivity contribution in [2.24, 2.45) is 0 Å². The van der Waals surface area contributed by atoms with Gasteiger partial charge in [-0.3, -0.25) is 0 Å². The first-order chi connectivity index (χ1) is 10.4. The Morgan fingerprint density at radius 2 is 1.29 bits per heavy atom. The summed E-state index contributed by atoms with van der Waals surface area (Å²) in [4.78, 5) is 0. The zero-order chi connectivity index (χ0) is 14.5. The summed E-state index contributed by atoms with van der Waals surface area (Å²) in [5, 5.41) is 0. The lowest BCUT2D eigenvalue weighted by molar-refractivity contribution is 1.51. The van der Waals surface area contributed by atoms with Crippen molar-refractivity contribution in [1.82, 2.24) is 0 Å². The summed E-state index contributed by atoms with van der Waals surface area (Å²) in [6.07, 6.45) is 0. The Kier molecular flexibility index (Phi) is 3.85. The lowest BCUT2D eigenvalue weighted by Crippen LogP contribution is -1.92. The number of benzene rings is 2. The third kappa shape index (κ3) is 2.88. The summed E-state index contributed by atoms with van der Waals surface area (Å²) >= 11 is 0. The molecular formula is C21H16. The highest BCUT2D eigenvalue weighted by Gasteiger charge is 2.09. The highest BCUT2D eigenvalue weighted by atomic mass is 14.1. The van der Waals surface area contributed by atoms with E-state index in [2.05, 4.69) is 73.7 Å². The molecule has 3 aromatic carbocycles. The summed E-state index contributed by atoms with van der Waals surface area (Å²) < 4.78 is 0. The second-order valence-corrected chi connectivity index (χ2v) is 4.94. The Balaban J connectivity index is 2.22. The maximum absolute atomic E-state index is 3.21. The fourth-order valence-electron chi connectivity index (χ4n) is 2.52. The molecular weight excluding hydrogens is 252 g/mol. The summed E-state index contributed by atoms with van der Waals surface area (Å²) in [5.74, 6) is 0. The fraction of sp³-hybridized carbons (Fsp3) is 0.0476. The van der Waals surface area contributed by atoms with Gasteiger partial charge in [-0.15, -0.1) is 0 Å². The van der Waals surface area contributed by atoms with E-state index in [0.717, 1.165) is 5.56 Å². The van der Waals surface area contributed by atoms with E-state index in [0.29, 0.717) is 0 Å². The van der Waals surface area contributed by atoms with E-state index in [4.69, 9.17) is 0 Å². The van der Waals surface area contributed by atoms with E-state index in [-0.39, 0.29) is 0 Å². The van der Waals surface area contributed by atoms with Crippen molar-refractivity contribution >= 4 is 11.1 Å². The lowest BCUT2D eigenvalue weighted by atomic mass is 9.91. The van der Waals surface area contributed by atoms with Crippen molar-refractivity contribution in [1.29, 1.82) is 0 Å². The molecule has 0 saturated heterocycles. The van der Waals surface area contributed by atoms with Crippen LogP contribution in [-0.4, -0.2) is 0 Å². The average molecular weight is 268 g/mol. The van der Waals surface area contributed by atoms with Crippen LogP contribution in [0.5, 0.6) is 0 Å². The quantitative estimate of drug-likeness (QED) is 0.607. The van der Waals surface area contributed by atoms with Crippen LogP contribution in [0.2, 0.25) is 0 Å². The summed E-state index contributed by atoms with van der Waals surface area (Å²) in [6.45, 7) is 2.15. The van der Waals surface area contributed by atoms with Gasteiger partial charge < -0.3 is 0 Å². The molecule has 0 aliphatic rings. The third-order valence-electron chi connectivity index (χ3n) is 3.55. The predicted molar refractivity (Wildman–Crippen MR) is 88.6 cm³/mol. The second-order valence-electron chi connectivity index (χ2n) is 4.94. The van der Waals surface area contributed by atoms with E-state index in [1.54, 1.807) is 0 Å². The largest absolute Gasteiger partial charge is 0.0696 e. The number of allylic oxidation sites excluding steroid dienone is 1. The molecule has 0 spiro atoms. The summed E-state index contributed by atoms with van der Waals surface area (Å²) in [5.41, 5.74) is 5.98. The smallest absolute Gasteiger partial charge is 0.0284 e. The van der Waals surface area contributed by atoms with Gasteiger partial charge in [0.05, 0.1) is 0 Å². The highest BCUT2D eigenvalue weighted by Crippen LogP contribution is 2.31. The molecule has 0 nitrogen and oxygen atoms in total. The first-order valence-corrected chi connectivity index (χ1v) is 7.07. The van der Waals surface area contributed by atoms with Crippen molar-refractivity contribution in [2.75, 3.05) is 0 Å². The zero-order valence-corrected chi connectivity index (χ0v) is 12.0. The van der Waals surface area contributed by atoms with Gasteiger partial charge in [-0.25, -0.2) is 0 Å². The average Bonchev–Trinajstić information content (AvgIpc) is 2.58. The van der Waals surface area contributed by atoms with Gasteiger partial charge >= 0.3 is 0 Å². The minimum absolute atomic E-state index is 1.08. The van der Waals surface area contributed by atoms with Crippen LogP contribution in [0.15, 0.2) is 78.9 Å². The van der Waals surface area contributed by atoms with Gasteiger partial charge in [-0.1, -0.05) is 78.9 Å². The monoisotopic (exact) mass is 268 g/mol. The predicted octanol–water partition coefficient (Wildman–Crippen LogP) is 5.27. The van der Waals surface area contributed by atoms with Crippen molar-refractivity contribution in [3.8, 4) is 0 Å². The van der Waals surface area contributed by atoms with Crippen LogP contribution < -0.4 is 0 Å². The van der Waals surface area contributed by atoms with E-state index in [1.807, 2.05) is 24.3 Å². The van der Waals surface area contributed by atoms with E-state index in [1.165, 1.54) is 22.3 Å². The topological polar surface area (TPSA) is 0 Å². The van der Waals surface area contributed by atoms with Crippen LogP contribution in [0, 0.1) is 12.1 Å². The molecule has 100 valence electrons. The maximum atomic E-state index is 3.21. The van der Waals surface area contributed by atoms with Crippen molar-refractivity contribution < 1.29 is 0 Å². The molecule has 0 bridgehead atoms. The molecule has 0 heterocycles. The van der Waals surface area contributed by atoms with Crippen LogP contribution in [0.1, 0.15) is 23.6 Å². The summed E-state index contributed by atoms with van der Waals surface area (Å²) in [6, 6.07) is 33.2. The van der Waals surface area contributed by atoms with E-state index < -0.39 is 0 Å². The van der Waals surface area contributed by atoms with Gasteiger partial charge in [0, 0.05) is 5.56 Å². The van der Waals surface area contributed by atoms with Gasteiger partial charge in [0.1, 0.15) is 0 Å². The zero-order valence-electron chi connectivity index (χ0n) is 12.0. The van der Waals surface area contributed by atoms with Gasteiger partial charge in [-0.05, 0) is 41.3 Å². The van der Waals surface area contributed by atoms with Gasteiger partial charge in [0.15, 0.2) is 0 Å². The molecule has 0 saturated carbocycles. The first-order valence-electron chi connectivity index (χ1n) is 7.07. The maximum Gasteiger partial charge on any atom is 0.0284 e. The van der Waals surface area contributed by atoms with Crippen molar-refractivity contribution in [2.45, 2.75) is 6.92 Å². The number of hydrogen-bond donors (Lipinski definition) is 0. The minimum Gasteiger partial charge on any atom is -0.0696 e. The molecule has 3 rings (SSSR count). The molecule has 0 aromatic heterocycles. The molecule has 0 aliphatic carbocycles. The Labute approximate surface area is 126 Å². The van der Waals surface area contributed by atoms with Crippen LogP contribution >= 0.6 is 0 Å². The number of hydrogen-bond acceptors (Lipinski definition) is 0. The first kappa shape index (κ1) is 13.2. The lowest BCUT2D eigenvalue weighted by Gasteiger charge is -2.13. The van der Waals surface area contributed by atoms with Crippen LogP contribution in [0.3, 0.4) is 0 Å². The van der Waals surface area contributed by atoms with Crippen LogP contribution in [0.4, 0.5) is 0 Å². The standard InChI is InChI=1S/C21H16/c1-17(18-11-5-2-6-12-18)21(19-13-7-3-8-14-19)20-15-9-4-10-16-20/h2-5,7-11,13-16H,1H3. The normalized spacial score (nSPS) is 9.76. The molecule has 0 N–H and O–H groups in total. The van der Waals surface area contributed by atoms with Crippen molar-refractivity contribution in [3.05, 3.63) is 108 Å². The Morgan fingerprint density at radius 3 is 1.76 bits per heavy atom. The molecule has 3 aromatic rings. The van der Waals surface area contributed by atoms with Crippen molar-refractivity contribution in [3.63, 3.8) is 0 Å². The van der Waals surface area contributed by atoms with Crippen LogP contribution in [-0.2, 0) is 0 Å². The summed E-state index contributed by atoms with van der Waals surface area (Å²) in [7, 11) is 0. The van der Waals surface area contributed by atoms with Gasteiger partial charge in [-0.2, -0.15) is 0 Å². The van der Waals surface area contributed by atoms with Gasteiger partial charge in [0.25, 0.3) is 0 Å². The Hall–Kier alpha value is -2.78. The molecule has 21 heavy (non-hydrogen) atoms. The van der Waals surface area contributed by atoms with Gasteiger partial charge in [0.2, 0.25) is 0 Å². The molecule has 0 fully saturated rings. The minimum atomic E-state index is 1.08. The molecule has 0 atom stereocenters. The molecule has 0 heteroatoms. The Bertz CT molecular complexity index is 681. The van der Waals surface area contributed by atoms with Crippen LogP contribution in [0.25, 0.3) is 11.1 Å². The Morgan fingerprint density at radius 1 is 0.714 bits per heavy atom. The third-order valence-corrected chi connectivity index (χ3v) is 3.55. The molecule has 0 aliphatic heterocycles. The molecule has 0 unspecified atom stereocenters. The highest BCUT2D eigenvalue weighted by molar-refractivity contribution is 5.97. The second kappa shape index (κ2) is 6.11. The van der Waals surface area contributed by atoms with E-state index in [9.17, 15) is 0 Å². The fourth-order valence-corrected chi connectivity index (χ4v) is 2.52. The van der Waals surface area contributed by atoms with E-state index >= 15 is 0 Å². The number of rotatable bonds is 3. The SMILES string of the molecule is CC(=C(c1ccccc1)c1ccccc1)c1c#cccc1. The molecule has 0 radical (unpaired) electrons. The molecule has 0 amide bonds.